The number of hydrogen-bond acceptors (Lipinski definition) is 5. The number of aromatic nitrogens is 2. The van der Waals surface area contributed by atoms with Crippen LogP contribution in [0.2, 0.25) is 0 Å². The first kappa shape index (κ1) is 19.7. The zero-order valence-corrected chi connectivity index (χ0v) is 16.4. The topological polar surface area (TPSA) is 64.5 Å². The Hall–Kier alpha value is -3.20. The summed E-state index contributed by atoms with van der Waals surface area (Å²) < 4.78 is 48.8. The summed E-state index contributed by atoms with van der Waals surface area (Å²) in [6.45, 7) is 2.81. The van der Waals surface area contributed by atoms with Crippen molar-refractivity contribution in [2.75, 3.05) is 26.3 Å². The Balaban J connectivity index is 1.31. The Bertz CT molecular complexity index is 1140. The average Bonchev–Trinajstić information content (AvgIpc) is 3.19. The van der Waals surface area contributed by atoms with E-state index in [1.807, 2.05) is 4.90 Å². The number of hydrogen-bond donors (Lipinski definition) is 0. The maximum atomic E-state index is 12.8. The quantitative estimate of drug-likeness (QED) is 0.621. The van der Waals surface area contributed by atoms with E-state index in [4.69, 9.17) is 9.47 Å². The van der Waals surface area contributed by atoms with Gasteiger partial charge in [0.1, 0.15) is 11.4 Å². The molecule has 0 saturated carbocycles. The number of pyridine rings is 2. The molecular weight excluding hydrogens is 411 g/mol. The average molecular weight is 429 g/mol. The molecule has 0 bridgehead atoms. The lowest BCUT2D eigenvalue weighted by Crippen LogP contribution is -2.45. The Morgan fingerprint density at radius 2 is 1.97 bits per heavy atom. The molecule has 2 fully saturated rings. The Morgan fingerprint density at radius 3 is 2.61 bits per heavy atom. The van der Waals surface area contributed by atoms with Crippen molar-refractivity contribution < 1.29 is 27.4 Å². The number of fused-ring (bicyclic) bond motifs is 1. The Labute approximate surface area is 175 Å². The maximum Gasteiger partial charge on any atom is 0.417 e. The van der Waals surface area contributed by atoms with Gasteiger partial charge in [-0.25, -0.2) is 9.97 Å². The van der Waals surface area contributed by atoms with Crippen LogP contribution in [0.4, 0.5) is 13.2 Å². The zero-order chi connectivity index (χ0) is 21.6. The van der Waals surface area contributed by atoms with Gasteiger partial charge >= 0.3 is 6.18 Å². The largest absolute Gasteiger partial charge is 0.439 e. The molecule has 2 aliphatic heterocycles. The van der Waals surface area contributed by atoms with Gasteiger partial charge in [-0.15, -0.1) is 0 Å². The number of likely N-dealkylation sites (tertiary alicyclic amines) is 1. The molecule has 0 unspecified atom stereocenters. The predicted molar refractivity (Wildman–Crippen MR) is 105 cm³/mol. The second-order valence-electron chi connectivity index (χ2n) is 8.01. The van der Waals surface area contributed by atoms with Crippen molar-refractivity contribution in [2.45, 2.75) is 12.6 Å². The highest BCUT2D eigenvalue weighted by Gasteiger charge is 2.46. The normalized spacial score (nSPS) is 17.7. The molecule has 0 N–H and O–H groups in total. The number of carbonyl (C=O) groups is 1. The zero-order valence-electron chi connectivity index (χ0n) is 16.4. The molecule has 6 nitrogen and oxygen atoms in total. The molecule has 2 aliphatic rings. The predicted octanol–water partition coefficient (Wildman–Crippen LogP) is 4.30. The number of rotatable bonds is 3. The van der Waals surface area contributed by atoms with Gasteiger partial charge in [0.15, 0.2) is 0 Å². The molecule has 5 rings (SSSR count). The molecular formula is C22H18F3N3O3. The van der Waals surface area contributed by atoms with Crippen LogP contribution in [0.15, 0.2) is 48.7 Å². The highest BCUT2D eigenvalue weighted by atomic mass is 19.4. The molecule has 1 aromatic carbocycles. The number of ether oxygens (including phenoxy) is 2. The second kappa shape index (κ2) is 7.19. The molecule has 160 valence electrons. The van der Waals surface area contributed by atoms with Crippen LogP contribution in [-0.2, 0) is 10.9 Å². The summed E-state index contributed by atoms with van der Waals surface area (Å²) in [5, 5.41) is 0.742. The SMILES string of the molecule is O=C(c1ccc2cc(Oc3ccc(C(F)(F)F)cn3)ccc2n1)N1CCC2(COC2)C1. The molecule has 1 amide bonds. The van der Waals surface area contributed by atoms with Crippen molar-refractivity contribution in [3.05, 3.63) is 59.9 Å². The van der Waals surface area contributed by atoms with Crippen LogP contribution in [-0.4, -0.2) is 47.1 Å². The minimum Gasteiger partial charge on any atom is -0.439 e. The minimum absolute atomic E-state index is 0.0510. The van der Waals surface area contributed by atoms with E-state index in [1.165, 1.54) is 6.07 Å². The van der Waals surface area contributed by atoms with E-state index in [1.54, 1.807) is 30.3 Å². The first-order valence-corrected chi connectivity index (χ1v) is 9.80. The molecule has 0 aliphatic carbocycles. The Kier molecular flexibility index (Phi) is 4.58. The number of nitrogens with zero attached hydrogens (tertiary/aromatic N) is 3. The number of halogens is 3. The third kappa shape index (κ3) is 3.81. The first-order chi connectivity index (χ1) is 14.8. The van der Waals surface area contributed by atoms with E-state index in [0.717, 1.165) is 24.1 Å². The third-order valence-electron chi connectivity index (χ3n) is 5.71. The van der Waals surface area contributed by atoms with Crippen molar-refractivity contribution in [2.24, 2.45) is 5.41 Å². The van der Waals surface area contributed by atoms with Gasteiger partial charge in [-0.05, 0) is 36.8 Å². The molecule has 0 atom stereocenters. The van der Waals surface area contributed by atoms with Gasteiger partial charge in [-0.1, -0.05) is 6.07 Å². The summed E-state index contributed by atoms with van der Waals surface area (Å²) in [5.41, 5.74) is 0.279. The van der Waals surface area contributed by atoms with Crippen LogP contribution in [0.1, 0.15) is 22.5 Å². The van der Waals surface area contributed by atoms with Crippen LogP contribution in [0.3, 0.4) is 0 Å². The lowest BCUT2D eigenvalue weighted by Gasteiger charge is -2.37. The van der Waals surface area contributed by atoms with Gasteiger partial charge in [-0.2, -0.15) is 13.2 Å². The summed E-state index contributed by atoms with van der Waals surface area (Å²) in [4.78, 5) is 22.8. The van der Waals surface area contributed by atoms with Gasteiger partial charge in [0.05, 0.1) is 24.3 Å². The fraction of sp³-hybridized carbons (Fsp3) is 0.318. The fourth-order valence-corrected chi connectivity index (χ4v) is 3.91. The summed E-state index contributed by atoms with van der Waals surface area (Å²) in [7, 11) is 0. The fourth-order valence-electron chi connectivity index (χ4n) is 3.91. The van der Waals surface area contributed by atoms with Gasteiger partial charge < -0.3 is 14.4 Å². The van der Waals surface area contributed by atoms with Gasteiger partial charge in [0.2, 0.25) is 5.88 Å². The lowest BCUT2D eigenvalue weighted by atomic mass is 9.85. The molecule has 3 aromatic rings. The van der Waals surface area contributed by atoms with Gasteiger partial charge in [0.25, 0.3) is 5.91 Å². The number of carbonyl (C=O) groups excluding carboxylic acids is 1. The van der Waals surface area contributed by atoms with Crippen LogP contribution in [0, 0.1) is 5.41 Å². The summed E-state index contributed by atoms with van der Waals surface area (Å²) >= 11 is 0. The number of benzene rings is 1. The summed E-state index contributed by atoms with van der Waals surface area (Å²) in [5.74, 6) is 0.363. The van der Waals surface area contributed by atoms with Crippen molar-refractivity contribution in [3.8, 4) is 11.6 Å². The monoisotopic (exact) mass is 429 g/mol. The molecule has 0 radical (unpaired) electrons. The van der Waals surface area contributed by atoms with Crippen molar-refractivity contribution >= 4 is 16.8 Å². The van der Waals surface area contributed by atoms with E-state index >= 15 is 0 Å². The number of amides is 1. The number of alkyl halides is 3. The minimum atomic E-state index is -4.45. The maximum absolute atomic E-state index is 12.8. The van der Waals surface area contributed by atoms with Crippen molar-refractivity contribution in [3.63, 3.8) is 0 Å². The smallest absolute Gasteiger partial charge is 0.417 e. The summed E-state index contributed by atoms with van der Waals surface area (Å²) in [6, 6.07) is 10.6. The summed E-state index contributed by atoms with van der Waals surface area (Å²) in [6.07, 6.45) is -2.77. The highest BCUT2D eigenvalue weighted by molar-refractivity contribution is 5.95. The molecule has 31 heavy (non-hydrogen) atoms. The highest BCUT2D eigenvalue weighted by Crippen LogP contribution is 2.38. The van der Waals surface area contributed by atoms with Crippen LogP contribution in [0.25, 0.3) is 10.9 Å². The molecule has 4 heterocycles. The molecule has 1 spiro atoms. The van der Waals surface area contributed by atoms with E-state index < -0.39 is 11.7 Å². The van der Waals surface area contributed by atoms with Crippen molar-refractivity contribution in [1.82, 2.24) is 14.9 Å². The van der Waals surface area contributed by atoms with Crippen LogP contribution < -0.4 is 4.74 Å². The molecule has 2 aromatic heterocycles. The Morgan fingerprint density at radius 1 is 1.13 bits per heavy atom. The van der Waals surface area contributed by atoms with E-state index in [-0.39, 0.29) is 17.2 Å². The third-order valence-corrected chi connectivity index (χ3v) is 5.71. The van der Waals surface area contributed by atoms with Crippen molar-refractivity contribution in [1.29, 1.82) is 0 Å². The second-order valence-corrected chi connectivity index (χ2v) is 8.01. The van der Waals surface area contributed by atoms with E-state index in [2.05, 4.69) is 9.97 Å². The lowest BCUT2D eigenvalue weighted by molar-refractivity contribution is -0.137. The van der Waals surface area contributed by atoms with E-state index in [9.17, 15) is 18.0 Å². The van der Waals surface area contributed by atoms with E-state index in [0.29, 0.717) is 43.3 Å². The standard InChI is InChI=1S/C22H18F3N3O3/c23-22(24,25)15-2-6-19(26-10-15)31-16-3-5-17-14(9-16)1-4-18(27-17)20(29)28-8-7-21(11-28)12-30-13-21/h1-6,9-10H,7-8,11-13H2. The first-order valence-electron chi connectivity index (χ1n) is 9.80. The van der Waals surface area contributed by atoms with Crippen LogP contribution in [0.5, 0.6) is 11.6 Å². The molecule has 2 saturated heterocycles. The van der Waals surface area contributed by atoms with Gasteiger partial charge in [-0.3, -0.25) is 4.79 Å². The van der Waals surface area contributed by atoms with Gasteiger partial charge in [0, 0.05) is 36.2 Å². The molecule has 9 heteroatoms. The van der Waals surface area contributed by atoms with Crippen LogP contribution >= 0.6 is 0 Å².